The van der Waals surface area contributed by atoms with Crippen molar-refractivity contribution in [3.63, 3.8) is 0 Å². The number of pyridine rings is 1. The van der Waals surface area contributed by atoms with Crippen LogP contribution in [0.4, 0.5) is 11.5 Å². The molecule has 114 valence electrons. The van der Waals surface area contributed by atoms with Gasteiger partial charge in [0.25, 0.3) is 0 Å². The first-order chi connectivity index (χ1) is 10.1. The molecule has 1 aliphatic rings. The molecular weight excluding hydrogens is 278 g/mol. The molecule has 0 aromatic carbocycles. The maximum atomic E-state index is 11.5. The molecule has 2 heterocycles. The number of aromatic nitrogens is 1. The lowest BCUT2D eigenvalue weighted by atomic mass is 10.1. The molecule has 1 fully saturated rings. The molecule has 0 spiro atoms. The van der Waals surface area contributed by atoms with Crippen molar-refractivity contribution in [2.24, 2.45) is 5.92 Å². The van der Waals surface area contributed by atoms with Gasteiger partial charge in [0.15, 0.2) is 5.69 Å². The van der Waals surface area contributed by atoms with Gasteiger partial charge >= 0.3 is 11.7 Å². The summed E-state index contributed by atoms with van der Waals surface area (Å²) in [4.78, 5) is 28.0. The Labute approximate surface area is 121 Å². The molecule has 0 aliphatic carbocycles. The minimum Gasteiger partial charge on any atom is -0.464 e. The van der Waals surface area contributed by atoms with E-state index in [2.05, 4.69) is 9.72 Å². The molecule has 1 atom stereocenters. The first-order valence-electron chi connectivity index (χ1n) is 6.66. The molecule has 1 unspecified atom stereocenters. The van der Waals surface area contributed by atoms with Crippen LogP contribution in [0.25, 0.3) is 0 Å². The van der Waals surface area contributed by atoms with Crippen molar-refractivity contribution < 1.29 is 19.6 Å². The zero-order valence-corrected chi connectivity index (χ0v) is 11.7. The van der Waals surface area contributed by atoms with Gasteiger partial charge < -0.3 is 14.7 Å². The van der Waals surface area contributed by atoms with Crippen LogP contribution in [0.2, 0.25) is 0 Å². The van der Waals surface area contributed by atoms with Crippen LogP contribution < -0.4 is 4.90 Å². The average Bonchev–Trinajstić information content (AvgIpc) is 2.94. The fraction of sp³-hybridized carbons (Fsp3) is 0.538. The van der Waals surface area contributed by atoms with Gasteiger partial charge in [-0.25, -0.2) is 9.78 Å². The molecule has 21 heavy (non-hydrogen) atoms. The maximum absolute atomic E-state index is 11.5. The Morgan fingerprint density at radius 2 is 2.38 bits per heavy atom. The third-order valence-electron chi connectivity index (χ3n) is 3.57. The highest BCUT2D eigenvalue weighted by Crippen LogP contribution is 2.31. The molecular formula is C13H17N3O5. The number of ether oxygens (including phenoxy) is 1. The Balaban J connectivity index is 2.31. The average molecular weight is 295 g/mol. The van der Waals surface area contributed by atoms with E-state index in [0.717, 1.165) is 6.42 Å². The predicted octanol–water partition coefficient (Wildman–Crippen LogP) is 0.985. The molecule has 1 aliphatic heterocycles. The lowest BCUT2D eigenvalue weighted by Crippen LogP contribution is -2.23. The highest BCUT2D eigenvalue weighted by molar-refractivity contribution is 5.88. The lowest BCUT2D eigenvalue weighted by molar-refractivity contribution is -0.384. The van der Waals surface area contributed by atoms with Crippen molar-refractivity contribution in [1.29, 1.82) is 0 Å². The number of aliphatic hydroxyl groups excluding tert-OH is 1. The van der Waals surface area contributed by atoms with E-state index in [1.54, 1.807) is 4.90 Å². The second kappa shape index (κ2) is 6.49. The minimum absolute atomic E-state index is 0.0451. The van der Waals surface area contributed by atoms with E-state index in [9.17, 15) is 14.9 Å². The van der Waals surface area contributed by atoms with Gasteiger partial charge in [-0.2, -0.15) is 0 Å². The molecule has 0 amide bonds. The quantitative estimate of drug-likeness (QED) is 0.490. The SMILES string of the molecule is COC(=O)c1ccc([N+](=O)[O-])c(N2CCC(CCO)C2)n1. The Bertz CT molecular complexity index is 549. The maximum Gasteiger partial charge on any atom is 0.356 e. The monoisotopic (exact) mass is 295 g/mol. The fourth-order valence-corrected chi connectivity index (χ4v) is 2.48. The van der Waals surface area contributed by atoms with Crippen molar-refractivity contribution in [2.75, 3.05) is 31.7 Å². The summed E-state index contributed by atoms with van der Waals surface area (Å²) >= 11 is 0. The third kappa shape index (κ3) is 3.27. The number of nitro groups is 1. The van der Waals surface area contributed by atoms with Gasteiger partial charge in [-0.05, 0) is 24.8 Å². The van der Waals surface area contributed by atoms with E-state index in [1.165, 1.54) is 19.2 Å². The lowest BCUT2D eigenvalue weighted by Gasteiger charge is -2.17. The summed E-state index contributed by atoms with van der Waals surface area (Å²) in [6.45, 7) is 1.29. The summed E-state index contributed by atoms with van der Waals surface area (Å²) in [5, 5.41) is 20.1. The summed E-state index contributed by atoms with van der Waals surface area (Å²) < 4.78 is 4.59. The number of rotatable bonds is 5. The smallest absolute Gasteiger partial charge is 0.356 e. The van der Waals surface area contributed by atoms with E-state index in [-0.39, 0.29) is 29.7 Å². The zero-order chi connectivity index (χ0) is 15.4. The topological polar surface area (TPSA) is 106 Å². The first kappa shape index (κ1) is 15.2. The number of carbonyl (C=O) groups excluding carboxylic acids is 1. The Morgan fingerprint density at radius 1 is 1.62 bits per heavy atom. The van der Waals surface area contributed by atoms with Crippen molar-refractivity contribution in [3.05, 3.63) is 27.9 Å². The second-order valence-electron chi connectivity index (χ2n) is 4.90. The summed E-state index contributed by atoms with van der Waals surface area (Å²) in [6.07, 6.45) is 1.49. The summed E-state index contributed by atoms with van der Waals surface area (Å²) in [5.41, 5.74) is -0.0870. The Hall–Kier alpha value is -2.22. The van der Waals surface area contributed by atoms with Crippen molar-refractivity contribution in [3.8, 4) is 0 Å². The van der Waals surface area contributed by atoms with Crippen molar-refractivity contribution >= 4 is 17.5 Å². The summed E-state index contributed by atoms with van der Waals surface area (Å²) in [7, 11) is 1.23. The van der Waals surface area contributed by atoms with Crippen LogP contribution >= 0.6 is 0 Å². The number of hydrogen-bond donors (Lipinski definition) is 1. The highest BCUT2D eigenvalue weighted by atomic mass is 16.6. The van der Waals surface area contributed by atoms with E-state index in [0.29, 0.717) is 19.5 Å². The molecule has 1 aromatic rings. The van der Waals surface area contributed by atoms with Gasteiger partial charge in [0.05, 0.1) is 12.0 Å². The predicted molar refractivity (Wildman–Crippen MR) is 74.3 cm³/mol. The number of esters is 1. The normalized spacial score (nSPS) is 17.8. The van der Waals surface area contributed by atoms with E-state index in [4.69, 9.17) is 5.11 Å². The molecule has 1 aromatic heterocycles. The van der Waals surface area contributed by atoms with Crippen LogP contribution in [-0.4, -0.2) is 47.8 Å². The summed E-state index contributed by atoms with van der Waals surface area (Å²) in [6, 6.07) is 2.56. The molecule has 0 bridgehead atoms. The molecule has 8 heteroatoms. The van der Waals surface area contributed by atoms with Gasteiger partial charge in [0, 0.05) is 25.8 Å². The number of methoxy groups -OCH3 is 1. The van der Waals surface area contributed by atoms with Gasteiger partial charge in [0.1, 0.15) is 0 Å². The van der Waals surface area contributed by atoms with Crippen molar-refractivity contribution in [1.82, 2.24) is 4.98 Å². The number of nitrogens with zero attached hydrogens (tertiary/aromatic N) is 3. The Morgan fingerprint density at radius 3 is 3.00 bits per heavy atom. The van der Waals surface area contributed by atoms with Gasteiger partial charge in [0.2, 0.25) is 5.82 Å². The van der Waals surface area contributed by atoms with Crippen LogP contribution in [0.3, 0.4) is 0 Å². The zero-order valence-electron chi connectivity index (χ0n) is 11.7. The fourth-order valence-electron chi connectivity index (χ4n) is 2.48. The molecule has 8 nitrogen and oxygen atoms in total. The first-order valence-corrected chi connectivity index (χ1v) is 6.66. The largest absolute Gasteiger partial charge is 0.464 e. The molecule has 1 N–H and O–H groups in total. The van der Waals surface area contributed by atoms with Gasteiger partial charge in [-0.15, -0.1) is 0 Å². The van der Waals surface area contributed by atoms with Crippen molar-refractivity contribution in [2.45, 2.75) is 12.8 Å². The third-order valence-corrected chi connectivity index (χ3v) is 3.57. The van der Waals surface area contributed by atoms with Crippen LogP contribution in [-0.2, 0) is 4.74 Å². The van der Waals surface area contributed by atoms with Gasteiger partial charge in [-0.3, -0.25) is 10.1 Å². The number of hydrogen-bond acceptors (Lipinski definition) is 7. The second-order valence-corrected chi connectivity index (χ2v) is 4.90. The van der Waals surface area contributed by atoms with Crippen LogP contribution in [0, 0.1) is 16.0 Å². The minimum atomic E-state index is -0.628. The Kier molecular flexibility index (Phi) is 4.69. The van der Waals surface area contributed by atoms with E-state index in [1.807, 2.05) is 0 Å². The van der Waals surface area contributed by atoms with Crippen LogP contribution in [0.5, 0.6) is 0 Å². The molecule has 1 saturated heterocycles. The highest BCUT2D eigenvalue weighted by Gasteiger charge is 2.29. The number of aliphatic hydroxyl groups is 1. The van der Waals surface area contributed by atoms with E-state index < -0.39 is 10.9 Å². The molecule has 0 radical (unpaired) electrons. The molecule has 2 rings (SSSR count). The van der Waals surface area contributed by atoms with Crippen LogP contribution in [0.15, 0.2) is 12.1 Å². The standard InChI is InChI=1S/C13H17N3O5/c1-21-13(18)10-2-3-11(16(19)20)12(14-10)15-6-4-9(8-15)5-7-17/h2-3,9,17H,4-8H2,1H3. The number of carbonyl (C=O) groups is 1. The summed E-state index contributed by atoms with van der Waals surface area (Å²) in [5.74, 6) is -0.168. The van der Waals surface area contributed by atoms with Crippen LogP contribution in [0.1, 0.15) is 23.3 Å². The molecule has 0 saturated carbocycles. The number of anilines is 1. The van der Waals surface area contributed by atoms with Gasteiger partial charge in [-0.1, -0.05) is 0 Å². The van der Waals surface area contributed by atoms with E-state index >= 15 is 0 Å².